The Balaban J connectivity index is 1.24. The molecule has 0 radical (unpaired) electrons. The van der Waals surface area contributed by atoms with Crippen LogP contribution in [0.1, 0.15) is 17.0 Å². The van der Waals surface area contributed by atoms with Gasteiger partial charge >= 0.3 is 0 Å². The highest BCUT2D eigenvalue weighted by Gasteiger charge is 2.13. The Bertz CT molecular complexity index is 1040. The van der Waals surface area contributed by atoms with Crippen molar-refractivity contribution >= 4 is 29.8 Å². The minimum Gasteiger partial charge on any atom is -0.454 e. The van der Waals surface area contributed by atoms with Gasteiger partial charge in [0, 0.05) is 6.54 Å². The van der Waals surface area contributed by atoms with Crippen LogP contribution in [0.4, 0.5) is 4.39 Å². The van der Waals surface area contributed by atoms with E-state index in [-0.39, 0.29) is 24.3 Å². The molecule has 2 aromatic carbocycles. The first-order chi connectivity index (χ1) is 14.2. The largest absolute Gasteiger partial charge is 0.454 e. The van der Waals surface area contributed by atoms with Crippen molar-refractivity contribution in [3.63, 3.8) is 0 Å². The minimum absolute atomic E-state index is 0.124. The molecule has 1 aromatic heterocycles. The second-order valence-electron chi connectivity index (χ2n) is 6.14. The fourth-order valence-corrected chi connectivity index (χ4v) is 3.21. The Morgan fingerprint density at radius 1 is 1.17 bits per heavy atom. The van der Waals surface area contributed by atoms with Gasteiger partial charge in [-0.2, -0.15) is 0 Å². The van der Waals surface area contributed by atoms with Crippen LogP contribution in [0.15, 0.2) is 47.6 Å². The molecule has 9 heteroatoms. The van der Waals surface area contributed by atoms with Crippen molar-refractivity contribution < 1.29 is 18.7 Å². The summed E-state index contributed by atoms with van der Waals surface area (Å²) in [6.07, 6.45) is 3.54. The number of nitrogens with one attached hydrogen (secondary N) is 2. The number of benzene rings is 2. The smallest absolute Gasteiger partial charge is 0.231 e. The van der Waals surface area contributed by atoms with Gasteiger partial charge in [-0.3, -0.25) is 9.89 Å². The number of H-pyrrole nitrogens is 1. The molecule has 0 bridgehead atoms. The van der Waals surface area contributed by atoms with Gasteiger partial charge in [0.05, 0.1) is 5.75 Å². The van der Waals surface area contributed by atoms with Gasteiger partial charge in [0.2, 0.25) is 17.9 Å². The number of thioether (sulfide) groups is 1. The van der Waals surface area contributed by atoms with E-state index in [0.717, 1.165) is 11.1 Å². The molecule has 1 amide bonds. The molecule has 148 valence electrons. The number of halogens is 1. The molecular weight excluding hydrogens is 395 g/mol. The number of nitrogens with zero attached hydrogens (tertiary/aromatic N) is 2. The summed E-state index contributed by atoms with van der Waals surface area (Å²) in [5.41, 5.74) is 1.78. The molecule has 0 spiro atoms. The lowest BCUT2D eigenvalue weighted by Gasteiger charge is -2.05. The molecule has 0 saturated carbocycles. The van der Waals surface area contributed by atoms with Gasteiger partial charge < -0.3 is 14.8 Å². The molecule has 7 nitrogen and oxygen atoms in total. The summed E-state index contributed by atoms with van der Waals surface area (Å²) in [4.78, 5) is 16.4. The van der Waals surface area contributed by atoms with Crippen LogP contribution >= 0.6 is 11.8 Å². The van der Waals surface area contributed by atoms with Crippen LogP contribution in [0.2, 0.25) is 0 Å². The highest BCUT2D eigenvalue weighted by Crippen LogP contribution is 2.32. The molecule has 0 fully saturated rings. The number of hydrogen-bond acceptors (Lipinski definition) is 6. The molecule has 1 aliphatic heterocycles. The summed E-state index contributed by atoms with van der Waals surface area (Å²) in [6.45, 7) is 0.620. The molecule has 0 saturated heterocycles. The number of carbonyl (C=O) groups is 1. The van der Waals surface area contributed by atoms with Crippen molar-refractivity contribution in [1.82, 2.24) is 20.5 Å². The topological polar surface area (TPSA) is 89.1 Å². The van der Waals surface area contributed by atoms with Crippen molar-refractivity contribution in [3.8, 4) is 11.5 Å². The molecule has 2 heterocycles. The predicted octanol–water partition coefficient (Wildman–Crippen LogP) is 3.25. The quantitative estimate of drug-likeness (QED) is 0.579. The van der Waals surface area contributed by atoms with Crippen LogP contribution in [-0.2, 0) is 11.3 Å². The molecular formula is C20H17FN4O3S. The lowest BCUT2D eigenvalue weighted by molar-refractivity contribution is -0.118. The molecule has 0 unspecified atom stereocenters. The molecule has 4 rings (SSSR count). The second-order valence-corrected chi connectivity index (χ2v) is 7.08. The Morgan fingerprint density at radius 3 is 2.86 bits per heavy atom. The Hall–Kier alpha value is -3.33. The monoisotopic (exact) mass is 412 g/mol. The van der Waals surface area contributed by atoms with E-state index in [1.165, 1.54) is 23.9 Å². The van der Waals surface area contributed by atoms with Gasteiger partial charge in [0.25, 0.3) is 0 Å². The Labute approximate surface area is 170 Å². The van der Waals surface area contributed by atoms with Crippen molar-refractivity contribution in [2.75, 3.05) is 12.5 Å². The van der Waals surface area contributed by atoms with Crippen LogP contribution < -0.4 is 14.8 Å². The number of hydrogen-bond donors (Lipinski definition) is 2. The summed E-state index contributed by atoms with van der Waals surface area (Å²) in [5.74, 6) is 1.75. The third kappa shape index (κ3) is 5.14. The van der Waals surface area contributed by atoms with Crippen LogP contribution in [0.3, 0.4) is 0 Å². The molecule has 1 aliphatic rings. The van der Waals surface area contributed by atoms with Crippen LogP contribution in [-0.4, -0.2) is 33.6 Å². The van der Waals surface area contributed by atoms with E-state index in [0.29, 0.717) is 29.0 Å². The van der Waals surface area contributed by atoms with E-state index in [4.69, 9.17) is 9.47 Å². The maximum absolute atomic E-state index is 12.9. The van der Waals surface area contributed by atoms with E-state index < -0.39 is 0 Å². The van der Waals surface area contributed by atoms with Crippen LogP contribution in [0.5, 0.6) is 11.5 Å². The van der Waals surface area contributed by atoms with Crippen molar-refractivity contribution in [1.29, 1.82) is 0 Å². The van der Waals surface area contributed by atoms with E-state index in [9.17, 15) is 9.18 Å². The normalized spacial score (nSPS) is 12.4. The zero-order valence-corrected chi connectivity index (χ0v) is 16.0. The van der Waals surface area contributed by atoms with Crippen molar-refractivity contribution in [2.24, 2.45) is 0 Å². The standard InChI is InChI=1S/C20H17FN4O3S/c21-15-5-1-13(2-6-15)4-8-18-23-20(25-24-18)29-11-19(26)22-10-14-3-7-16-17(9-14)28-12-27-16/h1-9H,10-12H2,(H,22,26)(H,23,24,25). The lowest BCUT2D eigenvalue weighted by Crippen LogP contribution is -2.24. The number of amides is 1. The second kappa shape index (κ2) is 8.78. The van der Waals surface area contributed by atoms with Gasteiger partial charge in [0.15, 0.2) is 11.5 Å². The number of fused-ring (bicyclic) bond motifs is 1. The fraction of sp³-hybridized carbons (Fsp3) is 0.150. The van der Waals surface area contributed by atoms with Crippen LogP contribution in [0, 0.1) is 5.82 Å². The summed E-state index contributed by atoms with van der Waals surface area (Å²) < 4.78 is 23.5. The van der Waals surface area contributed by atoms with Gasteiger partial charge in [-0.05, 0) is 41.5 Å². The zero-order valence-electron chi connectivity index (χ0n) is 15.2. The highest BCUT2D eigenvalue weighted by atomic mass is 32.2. The zero-order chi connectivity index (χ0) is 20.1. The predicted molar refractivity (Wildman–Crippen MR) is 107 cm³/mol. The number of carbonyl (C=O) groups excluding carboxylic acids is 1. The first kappa shape index (κ1) is 19.0. The molecule has 29 heavy (non-hydrogen) atoms. The van der Waals surface area contributed by atoms with E-state index in [1.807, 2.05) is 18.2 Å². The fourth-order valence-electron chi connectivity index (χ4n) is 2.58. The average Bonchev–Trinajstić information content (AvgIpc) is 3.39. The van der Waals surface area contributed by atoms with E-state index in [1.54, 1.807) is 24.3 Å². The lowest BCUT2D eigenvalue weighted by atomic mass is 10.2. The Morgan fingerprint density at radius 2 is 2.00 bits per heavy atom. The summed E-state index contributed by atoms with van der Waals surface area (Å²) >= 11 is 1.23. The van der Waals surface area contributed by atoms with Gasteiger partial charge in [0.1, 0.15) is 11.6 Å². The van der Waals surface area contributed by atoms with Gasteiger partial charge in [-0.1, -0.05) is 36.0 Å². The van der Waals surface area contributed by atoms with Crippen molar-refractivity contribution in [3.05, 3.63) is 65.2 Å². The maximum Gasteiger partial charge on any atom is 0.231 e. The SMILES string of the molecule is O=C(CSc1n[nH]c(C=Cc2ccc(F)cc2)n1)NCc1ccc2c(c1)OCO2. The first-order valence-corrected chi connectivity index (χ1v) is 9.78. The third-order valence-corrected chi connectivity index (χ3v) is 4.89. The average molecular weight is 412 g/mol. The maximum atomic E-state index is 12.9. The van der Waals surface area contributed by atoms with Gasteiger partial charge in [-0.25, -0.2) is 9.37 Å². The molecule has 2 N–H and O–H groups in total. The molecule has 0 aliphatic carbocycles. The van der Waals surface area contributed by atoms with Gasteiger partial charge in [-0.15, -0.1) is 5.10 Å². The number of aromatic amines is 1. The molecule has 0 atom stereocenters. The number of rotatable bonds is 7. The summed E-state index contributed by atoms with van der Waals surface area (Å²) in [5, 5.41) is 10.2. The summed E-state index contributed by atoms with van der Waals surface area (Å²) in [7, 11) is 0. The van der Waals surface area contributed by atoms with Crippen LogP contribution in [0.25, 0.3) is 12.2 Å². The number of aromatic nitrogens is 3. The van der Waals surface area contributed by atoms with E-state index in [2.05, 4.69) is 20.5 Å². The first-order valence-electron chi connectivity index (χ1n) is 8.80. The van der Waals surface area contributed by atoms with Crippen molar-refractivity contribution in [2.45, 2.75) is 11.7 Å². The number of ether oxygens (including phenoxy) is 2. The Kier molecular flexibility index (Phi) is 5.76. The third-order valence-electron chi connectivity index (χ3n) is 4.04. The minimum atomic E-state index is -0.280. The van der Waals surface area contributed by atoms with E-state index >= 15 is 0 Å². The molecule has 3 aromatic rings. The highest BCUT2D eigenvalue weighted by molar-refractivity contribution is 7.99. The summed E-state index contributed by atoms with van der Waals surface area (Å²) in [6, 6.07) is 11.7.